The van der Waals surface area contributed by atoms with Crippen LogP contribution in [0.2, 0.25) is 0 Å². The number of nitrogens with two attached hydrogens (primary N) is 1. The van der Waals surface area contributed by atoms with E-state index in [2.05, 4.69) is 10.4 Å². The van der Waals surface area contributed by atoms with Gasteiger partial charge in [-0.05, 0) is 6.42 Å². The lowest BCUT2D eigenvalue weighted by atomic mass is 10.3. The number of hydrogen-bond acceptors (Lipinski definition) is 7. The van der Waals surface area contributed by atoms with E-state index in [1.165, 1.54) is 11.8 Å². The third-order valence-corrected chi connectivity index (χ3v) is 3.80. The van der Waals surface area contributed by atoms with Gasteiger partial charge in [0.25, 0.3) is 0 Å². The van der Waals surface area contributed by atoms with Crippen LogP contribution in [-0.4, -0.2) is 49.8 Å². The molecule has 1 aromatic heterocycles. The number of carbonyl (C=O) groups is 1. The van der Waals surface area contributed by atoms with Gasteiger partial charge in [0.1, 0.15) is 21.2 Å². The van der Waals surface area contributed by atoms with Gasteiger partial charge in [-0.1, -0.05) is 13.3 Å². The van der Waals surface area contributed by atoms with Gasteiger partial charge in [-0.3, -0.25) is 0 Å². The van der Waals surface area contributed by atoms with Crippen molar-refractivity contribution in [1.82, 2.24) is 9.78 Å². The number of rotatable bonds is 8. The van der Waals surface area contributed by atoms with Crippen LogP contribution in [0.15, 0.2) is 0 Å². The molecule has 0 saturated heterocycles. The van der Waals surface area contributed by atoms with E-state index in [4.69, 9.17) is 10.5 Å². The molecular weight excluding hydrogens is 296 g/mol. The molecule has 0 unspecified atom stereocenters. The Hall–Kier alpha value is -1.77. The monoisotopic (exact) mass is 318 g/mol. The number of ether oxygens (including phenoxy) is 1. The van der Waals surface area contributed by atoms with Gasteiger partial charge in [-0.2, -0.15) is 5.10 Å². The minimum atomic E-state index is -3.14. The van der Waals surface area contributed by atoms with Crippen LogP contribution in [0.4, 0.5) is 11.6 Å². The van der Waals surface area contributed by atoms with E-state index in [0.717, 1.165) is 19.1 Å². The van der Waals surface area contributed by atoms with Crippen LogP contribution in [-0.2, 0) is 21.1 Å². The fourth-order valence-corrected chi connectivity index (χ4v) is 2.21. The maximum absolute atomic E-state index is 11.8. The lowest BCUT2D eigenvalue weighted by Gasteiger charge is -2.04. The van der Waals surface area contributed by atoms with Gasteiger partial charge in [-0.15, -0.1) is 0 Å². The summed E-state index contributed by atoms with van der Waals surface area (Å²) in [5.41, 5.74) is 6.02. The van der Waals surface area contributed by atoms with Crippen molar-refractivity contribution in [2.75, 3.05) is 36.7 Å². The minimum Gasteiger partial charge on any atom is -0.465 e. The number of hydrogen-bond donors (Lipinski definition) is 2. The second-order valence-corrected chi connectivity index (χ2v) is 6.99. The predicted molar refractivity (Wildman–Crippen MR) is 81.1 cm³/mol. The molecule has 0 saturated carbocycles. The molecule has 0 aliphatic heterocycles. The van der Waals surface area contributed by atoms with Gasteiger partial charge < -0.3 is 15.8 Å². The Kier molecular flexibility index (Phi) is 6.01. The van der Waals surface area contributed by atoms with E-state index < -0.39 is 15.8 Å². The highest BCUT2D eigenvalue weighted by molar-refractivity contribution is 7.90. The number of nitrogens with one attached hydrogen (secondary N) is 1. The van der Waals surface area contributed by atoms with Crippen molar-refractivity contribution < 1.29 is 17.9 Å². The Labute approximate surface area is 124 Å². The molecule has 0 spiro atoms. The van der Waals surface area contributed by atoms with Gasteiger partial charge in [0.05, 0.1) is 19.4 Å². The molecule has 3 N–H and O–H groups in total. The predicted octanol–water partition coefficient (Wildman–Crippen LogP) is 0.509. The molecule has 0 aromatic carbocycles. The number of aryl methyl sites for hydroxylation is 1. The Morgan fingerprint density at radius 3 is 2.67 bits per heavy atom. The lowest BCUT2D eigenvalue weighted by Crippen LogP contribution is -2.15. The Bertz CT molecular complexity index is 595. The molecule has 0 amide bonds. The van der Waals surface area contributed by atoms with Crippen molar-refractivity contribution in [3.8, 4) is 0 Å². The van der Waals surface area contributed by atoms with E-state index in [1.54, 1.807) is 0 Å². The number of unbranched alkanes of at least 4 members (excludes halogenated alkanes) is 1. The van der Waals surface area contributed by atoms with Crippen LogP contribution < -0.4 is 11.1 Å². The van der Waals surface area contributed by atoms with Gasteiger partial charge in [0.2, 0.25) is 0 Å². The molecule has 0 aliphatic rings. The summed E-state index contributed by atoms with van der Waals surface area (Å²) in [6, 6.07) is 0. The van der Waals surface area contributed by atoms with Crippen LogP contribution in [0, 0.1) is 0 Å². The average molecular weight is 318 g/mol. The number of sulfone groups is 1. The molecular formula is C12H22N4O4S. The Morgan fingerprint density at radius 2 is 2.14 bits per heavy atom. The van der Waals surface area contributed by atoms with E-state index in [1.807, 2.05) is 6.92 Å². The molecule has 21 heavy (non-hydrogen) atoms. The number of carbonyl (C=O) groups excluding carboxylic acids is 1. The number of anilines is 2. The molecule has 1 heterocycles. The summed E-state index contributed by atoms with van der Waals surface area (Å²) in [6.45, 7) is 2.77. The SMILES string of the molecule is CCCCNc1nn(CCS(C)(=O)=O)c(N)c1C(=O)OC. The second kappa shape index (κ2) is 7.30. The van der Waals surface area contributed by atoms with E-state index >= 15 is 0 Å². The summed E-state index contributed by atoms with van der Waals surface area (Å²) in [4.78, 5) is 11.8. The Balaban J connectivity index is 3.02. The van der Waals surface area contributed by atoms with E-state index in [-0.39, 0.29) is 23.7 Å². The van der Waals surface area contributed by atoms with Crippen molar-refractivity contribution in [3.05, 3.63) is 5.56 Å². The van der Waals surface area contributed by atoms with Crippen LogP contribution in [0.1, 0.15) is 30.1 Å². The average Bonchev–Trinajstić information content (AvgIpc) is 2.72. The third-order valence-electron chi connectivity index (χ3n) is 2.88. The normalized spacial score (nSPS) is 11.4. The van der Waals surface area contributed by atoms with Crippen molar-refractivity contribution in [3.63, 3.8) is 0 Å². The molecule has 120 valence electrons. The summed E-state index contributed by atoms with van der Waals surface area (Å²) >= 11 is 0. The number of esters is 1. The zero-order chi connectivity index (χ0) is 16.0. The first-order valence-corrected chi connectivity index (χ1v) is 8.72. The fraction of sp³-hybridized carbons (Fsp3) is 0.667. The minimum absolute atomic E-state index is 0.0874. The van der Waals surface area contributed by atoms with Gasteiger partial charge >= 0.3 is 5.97 Å². The van der Waals surface area contributed by atoms with Crippen LogP contribution >= 0.6 is 0 Å². The first-order valence-electron chi connectivity index (χ1n) is 6.66. The first kappa shape index (κ1) is 17.3. The van der Waals surface area contributed by atoms with E-state index in [0.29, 0.717) is 12.4 Å². The number of nitrogens with zero attached hydrogens (tertiary/aromatic N) is 2. The first-order chi connectivity index (χ1) is 9.80. The van der Waals surface area contributed by atoms with Gasteiger partial charge in [-0.25, -0.2) is 17.9 Å². The van der Waals surface area contributed by atoms with Crippen LogP contribution in [0.5, 0.6) is 0 Å². The maximum atomic E-state index is 11.8. The highest BCUT2D eigenvalue weighted by Gasteiger charge is 2.23. The maximum Gasteiger partial charge on any atom is 0.345 e. The zero-order valence-corrected chi connectivity index (χ0v) is 13.4. The summed E-state index contributed by atoms with van der Waals surface area (Å²) in [7, 11) is -1.89. The van der Waals surface area contributed by atoms with Gasteiger partial charge in [0, 0.05) is 12.8 Å². The largest absolute Gasteiger partial charge is 0.465 e. The quantitative estimate of drug-likeness (QED) is 0.530. The van der Waals surface area contributed by atoms with E-state index in [9.17, 15) is 13.2 Å². The molecule has 0 aliphatic carbocycles. The second-order valence-electron chi connectivity index (χ2n) is 4.73. The number of nitrogen functional groups attached to an aromatic ring is 1. The highest BCUT2D eigenvalue weighted by atomic mass is 32.2. The lowest BCUT2D eigenvalue weighted by molar-refractivity contribution is 0.0603. The topological polar surface area (TPSA) is 116 Å². The molecule has 9 heteroatoms. The standard InChI is InChI=1S/C12H22N4O4S/c1-4-5-6-14-11-9(12(17)20-2)10(13)16(15-11)7-8-21(3,18)19/h4-8,13H2,1-3H3,(H,14,15). The van der Waals surface area contributed by atoms with Crippen LogP contribution in [0.3, 0.4) is 0 Å². The molecule has 0 radical (unpaired) electrons. The fourth-order valence-electron chi connectivity index (χ4n) is 1.71. The van der Waals surface area contributed by atoms with Crippen molar-refractivity contribution in [2.24, 2.45) is 0 Å². The summed E-state index contributed by atoms with van der Waals surface area (Å²) in [6.07, 6.45) is 3.04. The molecule has 0 bridgehead atoms. The Morgan fingerprint density at radius 1 is 1.48 bits per heavy atom. The molecule has 8 nitrogen and oxygen atoms in total. The molecule has 1 rings (SSSR count). The van der Waals surface area contributed by atoms with Crippen molar-refractivity contribution >= 4 is 27.4 Å². The molecule has 0 fully saturated rings. The molecule has 0 atom stereocenters. The summed E-state index contributed by atoms with van der Waals surface area (Å²) in [5.74, 6) is -0.281. The smallest absolute Gasteiger partial charge is 0.345 e. The third kappa shape index (κ3) is 4.92. The number of methoxy groups -OCH3 is 1. The van der Waals surface area contributed by atoms with Crippen molar-refractivity contribution in [1.29, 1.82) is 0 Å². The van der Waals surface area contributed by atoms with Crippen molar-refractivity contribution in [2.45, 2.75) is 26.3 Å². The summed E-state index contributed by atoms with van der Waals surface area (Å²) < 4.78 is 28.4. The van der Waals surface area contributed by atoms with Gasteiger partial charge in [0.15, 0.2) is 5.82 Å². The highest BCUT2D eigenvalue weighted by Crippen LogP contribution is 2.22. The summed E-state index contributed by atoms with van der Waals surface area (Å²) in [5, 5.41) is 7.19. The molecule has 1 aromatic rings. The zero-order valence-electron chi connectivity index (χ0n) is 12.5. The number of aromatic nitrogens is 2. The van der Waals surface area contributed by atoms with Crippen LogP contribution in [0.25, 0.3) is 0 Å².